The van der Waals surface area contributed by atoms with Gasteiger partial charge in [0.05, 0.1) is 29.7 Å². The van der Waals surface area contributed by atoms with E-state index in [-0.39, 0.29) is 18.1 Å². The van der Waals surface area contributed by atoms with Crippen LogP contribution >= 0.6 is 0 Å². The molecule has 2 aliphatic heterocycles. The Balaban J connectivity index is 1.46. The molecule has 1 aromatic carbocycles. The number of aryl methyl sites for hydroxylation is 1. The number of likely N-dealkylation sites (tertiary alicyclic amines) is 1. The van der Waals surface area contributed by atoms with Gasteiger partial charge in [0.25, 0.3) is 0 Å². The van der Waals surface area contributed by atoms with E-state index in [1.165, 1.54) is 0 Å². The number of amides is 1. The van der Waals surface area contributed by atoms with E-state index in [2.05, 4.69) is 28.9 Å². The van der Waals surface area contributed by atoms with Crippen LogP contribution in [0.25, 0.3) is 11.0 Å². The van der Waals surface area contributed by atoms with Gasteiger partial charge in [0.2, 0.25) is 5.91 Å². The van der Waals surface area contributed by atoms with Crippen molar-refractivity contribution in [3.05, 3.63) is 30.1 Å². The molecule has 0 radical (unpaired) electrons. The second-order valence-corrected chi connectivity index (χ2v) is 7.21. The molecule has 3 heterocycles. The lowest BCUT2D eigenvalue weighted by molar-refractivity contribution is -0.131. The third-order valence-electron chi connectivity index (χ3n) is 5.54. The Morgan fingerprint density at radius 1 is 1.31 bits per heavy atom. The van der Waals surface area contributed by atoms with E-state index >= 15 is 0 Å². The maximum Gasteiger partial charge on any atom is 0.237 e. The molecule has 0 spiro atoms. The number of fused-ring (bicyclic) bond motifs is 1. The summed E-state index contributed by atoms with van der Waals surface area (Å²) in [5.41, 5.74) is 2.17. The zero-order valence-electron chi connectivity index (χ0n) is 15.5. The number of ether oxygens (including phenoxy) is 1. The molecule has 2 saturated heterocycles. The number of para-hydroxylation sites is 2. The molecule has 2 aromatic rings. The fourth-order valence-corrected chi connectivity index (χ4v) is 4.26. The number of nitrogens with one attached hydrogen (secondary N) is 1. The molecule has 0 bridgehead atoms. The molecule has 140 valence electrons. The van der Waals surface area contributed by atoms with Crippen LogP contribution in [0, 0.1) is 0 Å². The number of rotatable bonds is 6. The molecule has 6 nitrogen and oxygen atoms in total. The summed E-state index contributed by atoms with van der Waals surface area (Å²) < 4.78 is 7.87. The highest BCUT2D eigenvalue weighted by Gasteiger charge is 2.33. The zero-order chi connectivity index (χ0) is 17.9. The van der Waals surface area contributed by atoms with Crippen LogP contribution in [0.4, 0.5) is 0 Å². The first-order valence-electron chi connectivity index (χ1n) is 9.85. The molecule has 1 aromatic heterocycles. The molecule has 0 unspecified atom stereocenters. The van der Waals surface area contributed by atoms with Gasteiger partial charge in [0.15, 0.2) is 0 Å². The van der Waals surface area contributed by atoms with Crippen LogP contribution in [-0.2, 0) is 16.1 Å². The first-order valence-corrected chi connectivity index (χ1v) is 9.85. The van der Waals surface area contributed by atoms with Crippen LogP contribution in [-0.4, -0.2) is 52.7 Å². The summed E-state index contributed by atoms with van der Waals surface area (Å²) in [6.45, 7) is 5.81. The van der Waals surface area contributed by atoms with Gasteiger partial charge in [-0.3, -0.25) is 4.79 Å². The third-order valence-corrected chi connectivity index (χ3v) is 5.54. The van der Waals surface area contributed by atoms with Crippen molar-refractivity contribution >= 4 is 16.9 Å². The molecule has 2 aliphatic rings. The normalized spacial score (nSPS) is 23.2. The van der Waals surface area contributed by atoms with Crippen molar-refractivity contribution in [2.75, 3.05) is 26.2 Å². The summed E-state index contributed by atoms with van der Waals surface area (Å²) >= 11 is 0. The summed E-state index contributed by atoms with van der Waals surface area (Å²) in [6, 6.07) is 8.31. The molecule has 1 N–H and O–H groups in total. The highest BCUT2D eigenvalue weighted by Crippen LogP contribution is 2.33. The maximum absolute atomic E-state index is 12.8. The Bertz CT molecular complexity index is 766. The minimum Gasteiger partial charge on any atom is -0.377 e. The van der Waals surface area contributed by atoms with E-state index in [9.17, 15) is 4.79 Å². The van der Waals surface area contributed by atoms with Gasteiger partial charge in [-0.25, -0.2) is 4.98 Å². The molecule has 4 rings (SSSR count). The second kappa shape index (κ2) is 7.76. The minimum absolute atomic E-state index is 0.0828. The van der Waals surface area contributed by atoms with Gasteiger partial charge in [-0.05, 0) is 44.7 Å². The summed E-state index contributed by atoms with van der Waals surface area (Å²) in [5.74, 6) is 1.19. The van der Waals surface area contributed by atoms with Crippen LogP contribution in [0.3, 0.4) is 0 Å². The lowest BCUT2D eigenvalue weighted by Crippen LogP contribution is -2.40. The van der Waals surface area contributed by atoms with Crippen LogP contribution < -0.4 is 5.32 Å². The predicted octanol–water partition coefficient (Wildman–Crippen LogP) is 2.49. The van der Waals surface area contributed by atoms with Gasteiger partial charge in [-0.1, -0.05) is 12.1 Å². The lowest BCUT2D eigenvalue weighted by atomic mass is 10.2. The van der Waals surface area contributed by atoms with Crippen molar-refractivity contribution in [1.29, 1.82) is 0 Å². The van der Waals surface area contributed by atoms with E-state index in [4.69, 9.17) is 9.72 Å². The minimum atomic E-state index is 0.0828. The van der Waals surface area contributed by atoms with Crippen LogP contribution in [0.15, 0.2) is 24.3 Å². The van der Waals surface area contributed by atoms with E-state index < -0.39 is 0 Å². The molecular formula is C20H28N4O2. The zero-order valence-corrected chi connectivity index (χ0v) is 15.5. The average molecular weight is 356 g/mol. The maximum atomic E-state index is 12.8. The van der Waals surface area contributed by atoms with Gasteiger partial charge in [0.1, 0.15) is 5.82 Å². The number of nitrogens with zero attached hydrogens (tertiary/aromatic N) is 3. The Labute approximate surface area is 154 Å². The summed E-state index contributed by atoms with van der Waals surface area (Å²) in [6.07, 6.45) is 4.51. The van der Waals surface area contributed by atoms with Crippen LogP contribution in [0.1, 0.15) is 44.5 Å². The molecule has 2 fully saturated rings. The second-order valence-electron chi connectivity index (χ2n) is 7.21. The quantitative estimate of drug-likeness (QED) is 0.864. The molecule has 26 heavy (non-hydrogen) atoms. The molecular weight excluding hydrogens is 328 g/mol. The van der Waals surface area contributed by atoms with Crippen LogP contribution in [0.5, 0.6) is 0 Å². The first-order chi connectivity index (χ1) is 12.8. The van der Waals surface area contributed by atoms with Gasteiger partial charge in [0, 0.05) is 26.2 Å². The number of benzene rings is 1. The van der Waals surface area contributed by atoms with Crippen LogP contribution in [0.2, 0.25) is 0 Å². The Morgan fingerprint density at radius 2 is 2.19 bits per heavy atom. The van der Waals surface area contributed by atoms with Crippen molar-refractivity contribution in [2.45, 2.75) is 51.3 Å². The number of imidazole rings is 1. The lowest BCUT2D eigenvalue weighted by Gasteiger charge is -2.25. The van der Waals surface area contributed by atoms with Gasteiger partial charge < -0.3 is 19.5 Å². The Hall–Kier alpha value is -1.92. The van der Waals surface area contributed by atoms with E-state index in [0.29, 0.717) is 6.54 Å². The summed E-state index contributed by atoms with van der Waals surface area (Å²) in [4.78, 5) is 19.7. The van der Waals surface area contributed by atoms with Gasteiger partial charge >= 0.3 is 0 Å². The van der Waals surface area contributed by atoms with Gasteiger partial charge in [-0.2, -0.15) is 0 Å². The van der Waals surface area contributed by atoms with Gasteiger partial charge in [-0.15, -0.1) is 0 Å². The van der Waals surface area contributed by atoms with E-state index in [1.807, 2.05) is 17.0 Å². The first kappa shape index (κ1) is 17.5. The van der Waals surface area contributed by atoms with Crippen molar-refractivity contribution in [2.24, 2.45) is 0 Å². The fraction of sp³-hybridized carbons (Fsp3) is 0.600. The fourth-order valence-electron chi connectivity index (χ4n) is 4.26. The van der Waals surface area contributed by atoms with Crippen molar-refractivity contribution in [3.63, 3.8) is 0 Å². The molecule has 0 saturated carbocycles. The number of carbonyl (C=O) groups is 1. The number of aromatic nitrogens is 2. The number of hydrogen-bond donors (Lipinski definition) is 1. The predicted molar refractivity (Wildman–Crippen MR) is 101 cm³/mol. The summed E-state index contributed by atoms with van der Waals surface area (Å²) in [7, 11) is 0. The standard InChI is InChI=1S/C20H28N4O2/c1-2-23-17-9-4-3-8-16(17)22-20(23)18-10-5-11-24(18)19(25)14-21-13-15-7-6-12-26-15/h3-4,8-9,15,18,21H,2,5-7,10-14H2,1H3/t15-,18-/m0/s1. The number of carbonyl (C=O) groups excluding carboxylic acids is 1. The smallest absolute Gasteiger partial charge is 0.237 e. The summed E-state index contributed by atoms with van der Waals surface area (Å²) in [5, 5.41) is 3.29. The average Bonchev–Trinajstić information content (AvgIpc) is 3.39. The highest BCUT2D eigenvalue weighted by molar-refractivity contribution is 5.80. The van der Waals surface area contributed by atoms with Crippen molar-refractivity contribution < 1.29 is 9.53 Å². The van der Waals surface area contributed by atoms with E-state index in [0.717, 1.165) is 68.8 Å². The van der Waals surface area contributed by atoms with E-state index in [1.54, 1.807) is 0 Å². The monoisotopic (exact) mass is 356 g/mol. The molecule has 6 heteroatoms. The number of hydrogen-bond acceptors (Lipinski definition) is 4. The molecule has 1 amide bonds. The molecule has 2 atom stereocenters. The Kier molecular flexibility index (Phi) is 5.22. The third kappa shape index (κ3) is 3.35. The van der Waals surface area contributed by atoms with Crippen molar-refractivity contribution in [1.82, 2.24) is 19.8 Å². The largest absolute Gasteiger partial charge is 0.377 e. The highest BCUT2D eigenvalue weighted by atomic mass is 16.5. The molecule has 0 aliphatic carbocycles. The SMILES string of the molecule is CCn1c([C@@H]2CCCN2C(=O)CNC[C@@H]2CCCO2)nc2ccccc21. The Morgan fingerprint density at radius 3 is 3.00 bits per heavy atom. The topological polar surface area (TPSA) is 59.4 Å². The van der Waals surface area contributed by atoms with Crippen molar-refractivity contribution in [3.8, 4) is 0 Å².